The van der Waals surface area contributed by atoms with E-state index < -0.39 is 4.92 Å². The lowest BCUT2D eigenvalue weighted by molar-refractivity contribution is -0.384. The summed E-state index contributed by atoms with van der Waals surface area (Å²) < 4.78 is 0. The Balaban J connectivity index is 1.78. The van der Waals surface area contributed by atoms with E-state index >= 15 is 0 Å². The number of nitrogens with one attached hydrogen (secondary N) is 2. The second-order valence-electron chi connectivity index (χ2n) is 5.15. The van der Waals surface area contributed by atoms with Crippen LogP contribution in [0.25, 0.3) is 10.9 Å². The lowest BCUT2D eigenvalue weighted by atomic mass is 10.2. The first-order chi connectivity index (χ1) is 12.0. The molecule has 0 saturated heterocycles. The standard InChI is InChI=1S/C16H13N5O3S/c22-15-14(12-8-11(21(23)24)6-7-13(12)18-15)19-20-16(25)17-9-10-4-2-1-3-5-10/h1-8,18,22H,9H2,(H,17,25). The van der Waals surface area contributed by atoms with Crippen LogP contribution in [-0.4, -0.2) is 20.1 Å². The summed E-state index contributed by atoms with van der Waals surface area (Å²) in [6.45, 7) is 0.490. The van der Waals surface area contributed by atoms with E-state index in [1.807, 2.05) is 30.3 Å². The van der Waals surface area contributed by atoms with Gasteiger partial charge in [-0.2, -0.15) is 0 Å². The van der Waals surface area contributed by atoms with E-state index in [0.717, 1.165) is 5.56 Å². The molecule has 0 unspecified atom stereocenters. The highest BCUT2D eigenvalue weighted by Gasteiger charge is 2.15. The van der Waals surface area contributed by atoms with Crippen molar-refractivity contribution in [1.29, 1.82) is 0 Å². The zero-order valence-corrected chi connectivity index (χ0v) is 13.7. The second kappa shape index (κ2) is 7.05. The molecule has 0 aliphatic rings. The monoisotopic (exact) mass is 355 g/mol. The number of fused-ring (bicyclic) bond motifs is 1. The Kier molecular flexibility index (Phi) is 4.66. The van der Waals surface area contributed by atoms with Crippen LogP contribution in [0.3, 0.4) is 0 Å². The van der Waals surface area contributed by atoms with Gasteiger partial charge in [0.05, 0.1) is 10.4 Å². The van der Waals surface area contributed by atoms with Crippen LogP contribution in [0, 0.1) is 10.1 Å². The Bertz CT molecular complexity index is 969. The Morgan fingerprint density at radius 3 is 2.76 bits per heavy atom. The molecule has 0 fully saturated rings. The third-order valence-corrected chi connectivity index (χ3v) is 3.70. The second-order valence-corrected chi connectivity index (χ2v) is 5.54. The molecule has 9 heteroatoms. The van der Waals surface area contributed by atoms with Crippen molar-refractivity contribution in [2.75, 3.05) is 0 Å². The predicted octanol–water partition coefficient (Wildman–Crippen LogP) is 3.94. The number of nitro benzene ring substituents is 1. The minimum Gasteiger partial charge on any atom is -0.493 e. The molecule has 0 radical (unpaired) electrons. The lowest BCUT2D eigenvalue weighted by Gasteiger charge is -2.02. The molecule has 0 spiro atoms. The topological polar surface area (TPSA) is 116 Å². The van der Waals surface area contributed by atoms with Crippen molar-refractivity contribution in [2.24, 2.45) is 10.2 Å². The van der Waals surface area contributed by atoms with Crippen molar-refractivity contribution < 1.29 is 10.0 Å². The number of nitro groups is 1. The summed E-state index contributed by atoms with van der Waals surface area (Å²) in [6.07, 6.45) is 0. The number of thiocarbonyl (C=S) groups is 1. The Hall–Kier alpha value is -3.33. The lowest BCUT2D eigenvalue weighted by Crippen LogP contribution is -2.18. The van der Waals surface area contributed by atoms with E-state index in [4.69, 9.17) is 12.2 Å². The first kappa shape index (κ1) is 16.5. The molecule has 0 aliphatic heterocycles. The Morgan fingerprint density at radius 1 is 1.28 bits per heavy atom. The summed E-state index contributed by atoms with van der Waals surface area (Å²) in [5.74, 6) is -0.231. The minimum atomic E-state index is -0.517. The molecule has 1 heterocycles. The zero-order chi connectivity index (χ0) is 17.8. The van der Waals surface area contributed by atoms with Gasteiger partial charge in [0.1, 0.15) is 0 Å². The molecule has 3 aromatic rings. The maximum absolute atomic E-state index is 10.9. The molecule has 0 aliphatic carbocycles. The summed E-state index contributed by atoms with van der Waals surface area (Å²) in [7, 11) is 0. The first-order valence-electron chi connectivity index (χ1n) is 7.27. The summed E-state index contributed by atoms with van der Waals surface area (Å²) >= 11 is 5.09. The van der Waals surface area contributed by atoms with Crippen LogP contribution < -0.4 is 5.32 Å². The van der Waals surface area contributed by atoms with Gasteiger partial charge in [0.25, 0.3) is 5.69 Å². The fraction of sp³-hybridized carbons (Fsp3) is 0.0625. The van der Waals surface area contributed by atoms with Gasteiger partial charge in [-0.1, -0.05) is 30.3 Å². The van der Waals surface area contributed by atoms with E-state index in [1.165, 1.54) is 18.2 Å². The van der Waals surface area contributed by atoms with Gasteiger partial charge in [0.15, 0.2) is 5.69 Å². The van der Waals surface area contributed by atoms with Gasteiger partial charge in [0.2, 0.25) is 11.0 Å². The van der Waals surface area contributed by atoms with Gasteiger partial charge in [-0.25, -0.2) is 0 Å². The average Bonchev–Trinajstić information content (AvgIpc) is 2.93. The van der Waals surface area contributed by atoms with E-state index in [1.54, 1.807) is 0 Å². The molecule has 8 nitrogen and oxygen atoms in total. The van der Waals surface area contributed by atoms with Crippen molar-refractivity contribution in [3.63, 3.8) is 0 Å². The molecule has 2 aromatic carbocycles. The Labute approximate surface area is 147 Å². The maximum atomic E-state index is 10.9. The van der Waals surface area contributed by atoms with Gasteiger partial charge >= 0.3 is 0 Å². The molecule has 0 saturated carbocycles. The molecule has 0 bridgehead atoms. The summed E-state index contributed by atoms with van der Waals surface area (Å²) in [5.41, 5.74) is 1.54. The number of nitrogens with zero attached hydrogens (tertiary/aromatic N) is 3. The third-order valence-electron chi connectivity index (χ3n) is 3.47. The Morgan fingerprint density at radius 2 is 2.04 bits per heavy atom. The summed E-state index contributed by atoms with van der Waals surface area (Å²) in [5, 5.41) is 32.1. The number of H-pyrrole nitrogens is 1. The quantitative estimate of drug-likeness (QED) is 0.284. The van der Waals surface area contributed by atoms with Crippen LogP contribution in [0.2, 0.25) is 0 Å². The number of non-ortho nitro benzene ring substituents is 1. The highest BCUT2D eigenvalue weighted by atomic mass is 32.1. The molecule has 126 valence electrons. The molecule has 3 rings (SSSR count). The third kappa shape index (κ3) is 3.78. The van der Waals surface area contributed by atoms with Crippen LogP contribution in [-0.2, 0) is 6.54 Å². The minimum absolute atomic E-state index is 0.0996. The van der Waals surface area contributed by atoms with Crippen LogP contribution in [0.15, 0.2) is 58.8 Å². The predicted molar refractivity (Wildman–Crippen MR) is 97.0 cm³/mol. The number of aromatic amines is 1. The molecule has 0 atom stereocenters. The van der Waals surface area contributed by atoms with Crippen LogP contribution in [0.5, 0.6) is 5.88 Å². The molecule has 25 heavy (non-hydrogen) atoms. The van der Waals surface area contributed by atoms with Gasteiger partial charge < -0.3 is 15.4 Å². The average molecular weight is 355 g/mol. The molecule has 3 N–H and O–H groups in total. The fourth-order valence-electron chi connectivity index (χ4n) is 2.27. The van der Waals surface area contributed by atoms with Gasteiger partial charge in [-0.05, 0) is 23.8 Å². The van der Waals surface area contributed by atoms with Crippen LogP contribution >= 0.6 is 12.2 Å². The smallest absolute Gasteiger partial charge is 0.270 e. The highest BCUT2D eigenvalue weighted by Crippen LogP contribution is 2.37. The number of hydrogen-bond acceptors (Lipinski definition) is 5. The maximum Gasteiger partial charge on any atom is 0.270 e. The van der Waals surface area contributed by atoms with E-state index in [2.05, 4.69) is 20.5 Å². The number of hydrogen-bond donors (Lipinski definition) is 3. The molecular formula is C16H13N5O3S. The van der Waals surface area contributed by atoms with E-state index in [9.17, 15) is 15.2 Å². The molecule has 0 amide bonds. The number of aromatic nitrogens is 1. The zero-order valence-electron chi connectivity index (χ0n) is 12.8. The van der Waals surface area contributed by atoms with Crippen molar-refractivity contribution in [3.05, 3.63) is 64.2 Å². The number of rotatable bonds is 4. The van der Waals surface area contributed by atoms with E-state index in [-0.39, 0.29) is 22.4 Å². The van der Waals surface area contributed by atoms with Crippen LogP contribution in [0.4, 0.5) is 11.4 Å². The summed E-state index contributed by atoms with van der Waals surface area (Å²) in [6, 6.07) is 13.8. The molecule has 1 aromatic heterocycles. The molecular weight excluding hydrogens is 342 g/mol. The van der Waals surface area contributed by atoms with Gasteiger partial charge in [-0.3, -0.25) is 10.1 Å². The van der Waals surface area contributed by atoms with Crippen LogP contribution in [0.1, 0.15) is 5.56 Å². The summed E-state index contributed by atoms with van der Waals surface area (Å²) in [4.78, 5) is 13.1. The SMILES string of the molecule is O=[N+]([O-])c1ccc2[nH]c(O)c(N=NC(=S)NCc3ccccc3)c2c1. The van der Waals surface area contributed by atoms with Crippen molar-refractivity contribution in [3.8, 4) is 5.88 Å². The van der Waals surface area contributed by atoms with Crippen molar-refractivity contribution in [1.82, 2.24) is 10.3 Å². The van der Waals surface area contributed by atoms with Crippen molar-refractivity contribution >= 4 is 39.6 Å². The largest absolute Gasteiger partial charge is 0.493 e. The number of azo groups is 1. The fourth-order valence-corrected chi connectivity index (χ4v) is 2.38. The highest BCUT2D eigenvalue weighted by molar-refractivity contribution is 7.80. The van der Waals surface area contributed by atoms with Gasteiger partial charge in [-0.15, -0.1) is 10.2 Å². The normalized spacial score (nSPS) is 11.0. The number of benzene rings is 2. The van der Waals surface area contributed by atoms with Crippen molar-refractivity contribution in [2.45, 2.75) is 6.54 Å². The van der Waals surface area contributed by atoms with E-state index in [0.29, 0.717) is 17.4 Å². The first-order valence-corrected chi connectivity index (χ1v) is 7.68. The van der Waals surface area contributed by atoms with Gasteiger partial charge in [0, 0.05) is 24.1 Å². The number of aromatic hydroxyl groups is 1.